The quantitative estimate of drug-likeness (QED) is 0.203. The number of aromatic nitrogens is 4. The molecule has 0 aliphatic carbocycles. The van der Waals surface area contributed by atoms with Gasteiger partial charge in [-0.1, -0.05) is 0 Å². The third-order valence-corrected chi connectivity index (χ3v) is 4.77. The monoisotopic (exact) mass is 517 g/mol. The predicted octanol–water partition coefficient (Wildman–Crippen LogP) is 0.669. The maximum Gasteiger partial charge on any atom is 0.191 e. The summed E-state index contributed by atoms with van der Waals surface area (Å²) in [5, 5.41) is 15.2. The summed E-state index contributed by atoms with van der Waals surface area (Å²) in [5.41, 5.74) is 0.817. The van der Waals surface area contributed by atoms with Crippen molar-refractivity contribution in [3.05, 3.63) is 12.5 Å². The number of anilines is 1. The van der Waals surface area contributed by atoms with E-state index in [0.717, 1.165) is 68.7 Å². The highest BCUT2D eigenvalue weighted by molar-refractivity contribution is 14.0. The van der Waals surface area contributed by atoms with Gasteiger partial charge in [-0.25, -0.2) is 9.97 Å². The molecule has 1 unspecified atom stereocenters. The number of fused-ring (bicyclic) bond motifs is 1. The summed E-state index contributed by atoms with van der Waals surface area (Å²) in [6, 6.07) is 0.400. The Kier molecular flexibility index (Phi) is 9.81. The normalized spacial score (nSPS) is 16.3. The van der Waals surface area contributed by atoms with E-state index in [0.29, 0.717) is 12.6 Å². The lowest BCUT2D eigenvalue weighted by atomic mass is 10.2. The molecule has 29 heavy (non-hydrogen) atoms. The highest BCUT2D eigenvalue weighted by Crippen LogP contribution is 2.17. The maximum atomic E-state index is 5.42. The average molecular weight is 517 g/mol. The van der Waals surface area contributed by atoms with Crippen molar-refractivity contribution in [1.29, 1.82) is 0 Å². The Balaban J connectivity index is 0.00000300. The second-order valence-corrected chi connectivity index (χ2v) is 6.80. The summed E-state index contributed by atoms with van der Waals surface area (Å²) in [5.74, 6) is 1.63. The lowest BCUT2D eigenvalue weighted by molar-refractivity contribution is 0.0220. The van der Waals surface area contributed by atoms with Crippen LogP contribution in [0, 0.1) is 0 Å². The van der Waals surface area contributed by atoms with Crippen molar-refractivity contribution in [2.24, 2.45) is 12.0 Å². The number of guanidine groups is 1. The second-order valence-electron chi connectivity index (χ2n) is 6.80. The van der Waals surface area contributed by atoms with E-state index in [4.69, 9.17) is 9.73 Å². The zero-order valence-corrected chi connectivity index (χ0v) is 19.7. The van der Waals surface area contributed by atoms with Crippen molar-refractivity contribution in [3.8, 4) is 0 Å². The Labute approximate surface area is 188 Å². The first-order valence-electron chi connectivity index (χ1n) is 9.89. The van der Waals surface area contributed by atoms with E-state index in [-0.39, 0.29) is 24.0 Å². The number of aliphatic imine (C=N–C) groups is 1. The van der Waals surface area contributed by atoms with E-state index in [9.17, 15) is 0 Å². The van der Waals surface area contributed by atoms with Gasteiger partial charge in [0, 0.05) is 45.8 Å². The van der Waals surface area contributed by atoms with Crippen LogP contribution < -0.4 is 16.0 Å². The number of rotatable bonds is 8. The van der Waals surface area contributed by atoms with Crippen LogP contribution in [0.5, 0.6) is 0 Å². The van der Waals surface area contributed by atoms with Gasteiger partial charge in [-0.2, -0.15) is 5.10 Å². The first kappa shape index (κ1) is 23.5. The minimum absolute atomic E-state index is 0. The van der Waals surface area contributed by atoms with Crippen LogP contribution in [0.15, 0.2) is 17.5 Å². The summed E-state index contributed by atoms with van der Waals surface area (Å²) >= 11 is 0. The molecule has 0 saturated carbocycles. The molecule has 1 saturated heterocycles. The number of aryl methyl sites for hydroxylation is 1. The lowest BCUT2D eigenvalue weighted by Crippen LogP contribution is -2.45. The molecule has 2 aromatic rings. The van der Waals surface area contributed by atoms with Gasteiger partial charge in [0.15, 0.2) is 11.6 Å². The summed E-state index contributed by atoms with van der Waals surface area (Å²) < 4.78 is 7.16. The van der Waals surface area contributed by atoms with E-state index in [1.165, 1.54) is 0 Å². The zero-order chi connectivity index (χ0) is 19.8. The Morgan fingerprint density at radius 1 is 1.24 bits per heavy atom. The summed E-state index contributed by atoms with van der Waals surface area (Å²) in [7, 11) is 1.87. The largest absolute Gasteiger partial charge is 0.379 e. The molecule has 2 aromatic heterocycles. The molecule has 0 bridgehead atoms. The average Bonchev–Trinajstić information content (AvgIpc) is 3.11. The van der Waals surface area contributed by atoms with Gasteiger partial charge in [0.05, 0.1) is 31.3 Å². The Bertz CT molecular complexity index is 776. The molecule has 10 nitrogen and oxygen atoms in total. The van der Waals surface area contributed by atoms with Crippen LogP contribution in [0.3, 0.4) is 0 Å². The van der Waals surface area contributed by atoms with Crippen LogP contribution in [0.2, 0.25) is 0 Å². The number of halogens is 1. The van der Waals surface area contributed by atoms with Gasteiger partial charge in [0.1, 0.15) is 12.1 Å². The van der Waals surface area contributed by atoms with Crippen LogP contribution in [-0.4, -0.2) is 89.1 Å². The van der Waals surface area contributed by atoms with Gasteiger partial charge < -0.3 is 20.7 Å². The molecule has 1 fully saturated rings. The maximum absolute atomic E-state index is 5.42. The minimum Gasteiger partial charge on any atom is -0.379 e. The van der Waals surface area contributed by atoms with Crippen LogP contribution in [0.25, 0.3) is 11.0 Å². The molecule has 0 amide bonds. The van der Waals surface area contributed by atoms with E-state index in [2.05, 4.69) is 49.8 Å². The van der Waals surface area contributed by atoms with Gasteiger partial charge in [-0.05, 0) is 13.8 Å². The van der Waals surface area contributed by atoms with Gasteiger partial charge >= 0.3 is 0 Å². The van der Waals surface area contributed by atoms with Crippen molar-refractivity contribution < 1.29 is 4.74 Å². The summed E-state index contributed by atoms with van der Waals surface area (Å²) in [6.45, 7) is 10.9. The smallest absolute Gasteiger partial charge is 0.191 e. The molecule has 0 radical (unpaired) electrons. The van der Waals surface area contributed by atoms with Crippen LogP contribution in [0.1, 0.15) is 13.8 Å². The van der Waals surface area contributed by atoms with Crippen molar-refractivity contribution in [2.45, 2.75) is 19.9 Å². The standard InChI is InChI=1S/C18H31N9O.HI/c1-4-19-18(22-11-14(2)27-7-9-28-10-8-27)21-6-5-20-16-15-12-25-26(3)17(15)24-13-23-16;/h12-14H,4-11H2,1-3H3,(H2,19,21,22)(H,20,23,24);1H. The molecule has 0 aromatic carbocycles. The van der Waals surface area contributed by atoms with Crippen LogP contribution >= 0.6 is 24.0 Å². The van der Waals surface area contributed by atoms with Crippen LogP contribution in [0.4, 0.5) is 5.82 Å². The van der Waals surface area contributed by atoms with E-state index >= 15 is 0 Å². The summed E-state index contributed by atoms with van der Waals surface area (Å²) in [6.07, 6.45) is 3.34. The SMILES string of the molecule is CCNC(=NCC(C)N1CCOCC1)NCCNc1ncnc2c1cnn2C.I. The molecule has 3 heterocycles. The van der Waals surface area contributed by atoms with Crippen molar-refractivity contribution in [3.63, 3.8) is 0 Å². The van der Waals surface area contributed by atoms with Gasteiger partial charge in [0.2, 0.25) is 0 Å². The molecule has 0 spiro atoms. The Morgan fingerprint density at radius 3 is 2.79 bits per heavy atom. The summed E-state index contributed by atoms with van der Waals surface area (Å²) in [4.78, 5) is 15.7. The van der Waals surface area contributed by atoms with Gasteiger partial charge in [-0.15, -0.1) is 24.0 Å². The first-order valence-corrected chi connectivity index (χ1v) is 9.89. The van der Waals surface area contributed by atoms with Crippen molar-refractivity contribution in [2.75, 3.05) is 57.8 Å². The fraction of sp³-hybridized carbons (Fsp3) is 0.667. The third-order valence-electron chi connectivity index (χ3n) is 4.77. The van der Waals surface area contributed by atoms with Crippen molar-refractivity contribution in [1.82, 2.24) is 35.3 Å². The fourth-order valence-electron chi connectivity index (χ4n) is 3.16. The molecule has 11 heteroatoms. The Morgan fingerprint density at radius 2 is 2.03 bits per heavy atom. The zero-order valence-electron chi connectivity index (χ0n) is 17.4. The highest BCUT2D eigenvalue weighted by atomic mass is 127. The van der Waals surface area contributed by atoms with E-state index in [1.54, 1.807) is 17.2 Å². The van der Waals surface area contributed by atoms with Gasteiger partial charge in [0.25, 0.3) is 0 Å². The molecular formula is C18H32IN9O. The highest BCUT2D eigenvalue weighted by Gasteiger charge is 2.16. The first-order chi connectivity index (χ1) is 13.7. The lowest BCUT2D eigenvalue weighted by Gasteiger charge is -2.31. The third kappa shape index (κ3) is 6.64. The Hall–Kier alpha value is -1.73. The van der Waals surface area contributed by atoms with E-state index in [1.807, 2.05) is 7.05 Å². The molecule has 1 aliphatic heterocycles. The molecule has 162 valence electrons. The van der Waals surface area contributed by atoms with E-state index < -0.39 is 0 Å². The molecule has 1 aliphatic rings. The number of nitrogens with one attached hydrogen (secondary N) is 3. The number of ether oxygens (including phenoxy) is 1. The number of morpholine rings is 1. The topological polar surface area (TPSA) is 105 Å². The molecule has 1 atom stereocenters. The number of hydrogen-bond acceptors (Lipinski definition) is 7. The predicted molar refractivity (Wildman–Crippen MR) is 126 cm³/mol. The molecule has 3 rings (SSSR count). The number of nitrogens with zero attached hydrogens (tertiary/aromatic N) is 6. The van der Waals surface area contributed by atoms with Crippen molar-refractivity contribution >= 4 is 46.8 Å². The van der Waals surface area contributed by atoms with Gasteiger partial charge in [-0.3, -0.25) is 14.6 Å². The fourth-order valence-corrected chi connectivity index (χ4v) is 3.16. The van der Waals surface area contributed by atoms with Crippen LogP contribution in [-0.2, 0) is 11.8 Å². The second kappa shape index (κ2) is 12.1. The number of hydrogen-bond donors (Lipinski definition) is 3. The molecule has 3 N–H and O–H groups in total. The molecular weight excluding hydrogens is 485 g/mol. The minimum atomic E-state index is 0.